The third-order valence-electron chi connectivity index (χ3n) is 2.02. The standard InChI is InChI=1S/C10H14N2O2S/c1-7(8-2-4-12-5-3-8)15-6-9(11)10(13)14/h2-5,7,9H,6,11H2,1H3,(H,13,14)/t7?,9-/m0/s1. The third-order valence-corrected chi connectivity index (χ3v) is 3.34. The van der Waals surface area contributed by atoms with Crippen LogP contribution in [0.2, 0.25) is 0 Å². The smallest absolute Gasteiger partial charge is 0.321 e. The van der Waals surface area contributed by atoms with Gasteiger partial charge in [0.2, 0.25) is 0 Å². The average Bonchev–Trinajstić information content (AvgIpc) is 2.26. The first-order valence-corrected chi connectivity index (χ1v) is 5.66. The van der Waals surface area contributed by atoms with Gasteiger partial charge in [-0.25, -0.2) is 0 Å². The fourth-order valence-corrected chi connectivity index (χ4v) is 2.04. The van der Waals surface area contributed by atoms with Crippen LogP contribution >= 0.6 is 11.8 Å². The van der Waals surface area contributed by atoms with Gasteiger partial charge in [-0.2, -0.15) is 11.8 Å². The number of carboxylic acid groups (broad SMARTS) is 1. The van der Waals surface area contributed by atoms with Crippen LogP contribution in [0.15, 0.2) is 24.5 Å². The first-order chi connectivity index (χ1) is 7.11. The third kappa shape index (κ3) is 3.89. The highest BCUT2D eigenvalue weighted by molar-refractivity contribution is 7.99. The van der Waals surface area contributed by atoms with Crippen LogP contribution in [0.25, 0.3) is 0 Å². The Hall–Kier alpha value is -1.07. The summed E-state index contributed by atoms with van der Waals surface area (Å²) in [6.45, 7) is 2.02. The van der Waals surface area contributed by atoms with Gasteiger partial charge in [0.1, 0.15) is 6.04 Å². The summed E-state index contributed by atoms with van der Waals surface area (Å²) in [7, 11) is 0. The molecular formula is C10H14N2O2S. The second-order valence-electron chi connectivity index (χ2n) is 3.20. The highest BCUT2D eigenvalue weighted by Gasteiger charge is 2.14. The minimum Gasteiger partial charge on any atom is -0.480 e. The highest BCUT2D eigenvalue weighted by Crippen LogP contribution is 2.27. The number of carboxylic acids is 1. The van der Waals surface area contributed by atoms with Crippen LogP contribution in [0, 0.1) is 0 Å². The van der Waals surface area contributed by atoms with Gasteiger partial charge >= 0.3 is 5.97 Å². The first kappa shape index (κ1) is 12.0. The van der Waals surface area contributed by atoms with Crippen LogP contribution in [0.4, 0.5) is 0 Å². The molecule has 82 valence electrons. The van der Waals surface area contributed by atoms with E-state index in [0.29, 0.717) is 5.75 Å². The Balaban J connectivity index is 2.43. The average molecular weight is 226 g/mol. The quantitative estimate of drug-likeness (QED) is 0.791. The summed E-state index contributed by atoms with van der Waals surface area (Å²) in [5, 5.41) is 8.85. The van der Waals surface area contributed by atoms with Gasteiger partial charge in [0.05, 0.1) is 0 Å². The van der Waals surface area contributed by atoms with Crippen molar-refractivity contribution in [3.63, 3.8) is 0 Å². The van der Waals surface area contributed by atoms with Crippen LogP contribution in [0.5, 0.6) is 0 Å². The molecule has 1 unspecified atom stereocenters. The molecule has 1 heterocycles. The normalized spacial score (nSPS) is 14.5. The van der Waals surface area contributed by atoms with E-state index in [9.17, 15) is 4.79 Å². The molecule has 0 aromatic carbocycles. The minimum atomic E-state index is -0.954. The summed E-state index contributed by atoms with van der Waals surface area (Å²) in [4.78, 5) is 14.4. The van der Waals surface area contributed by atoms with Crippen molar-refractivity contribution in [2.75, 3.05) is 5.75 Å². The lowest BCUT2D eigenvalue weighted by atomic mass is 10.2. The number of thioether (sulfide) groups is 1. The Morgan fingerprint density at radius 3 is 2.73 bits per heavy atom. The molecule has 4 nitrogen and oxygen atoms in total. The summed E-state index contributed by atoms with van der Waals surface area (Å²) in [5.41, 5.74) is 6.54. The molecule has 1 rings (SSSR count). The van der Waals surface area contributed by atoms with Crippen molar-refractivity contribution in [3.05, 3.63) is 30.1 Å². The molecular weight excluding hydrogens is 212 g/mol. The van der Waals surface area contributed by atoms with Gasteiger partial charge in [-0.3, -0.25) is 9.78 Å². The van der Waals surface area contributed by atoms with Crippen molar-refractivity contribution < 1.29 is 9.90 Å². The molecule has 0 saturated heterocycles. The molecule has 5 heteroatoms. The Morgan fingerprint density at radius 2 is 2.20 bits per heavy atom. The number of aromatic nitrogens is 1. The minimum absolute atomic E-state index is 0.235. The van der Waals surface area contributed by atoms with E-state index >= 15 is 0 Å². The number of carbonyl (C=O) groups is 1. The number of nitrogens with zero attached hydrogens (tertiary/aromatic N) is 1. The number of pyridine rings is 1. The molecule has 0 saturated carbocycles. The van der Waals surface area contributed by atoms with E-state index in [4.69, 9.17) is 10.8 Å². The molecule has 1 aromatic rings. The van der Waals surface area contributed by atoms with E-state index in [2.05, 4.69) is 4.98 Å². The number of rotatable bonds is 5. The van der Waals surface area contributed by atoms with Crippen molar-refractivity contribution in [1.29, 1.82) is 0 Å². The summed E-state index contributed by atoms with van der Waals surface area (Å²) in [5.74, 6) is -0.539. The summed E-state index contributed by atoms with van der Waals surface area (Å²) in [6, 6.07) is 3.05. The zero-order valence-corrected chi connectivity index (χ0v) is 9.28. The van der Waals surface area contributed by atoms with Gasteiger partial charge in [0, 0.05) is 23.4 Å². The lowest BCUT2D eigenvalue weighted by Gasteiger charge is -2.12. The fraction of sp³-hybridized carbons (Fsp3) is 0.400. The van der Waals surface area contributed by atoms with Crippen LogP contribution in [0.1, 0.15) is 17.7 Å². The predicted octanol–water partition coefficient (Wildman–Crippen LogP) is 1.29. The van der Waals surface area contributed by atoms with Crippen molar-refractivity contribution >= 4 is 17.7 Å². The van der Waals surface area contributed by atoms with Crippen molar-refractivity contribution in [1.82, 2.24) is 4.98 Å². The molecule has 0 radical (unpaired) electrons. The van der Waals surface area contributed by atoms with E-state index in [-0.39, 0.29) is 5.25 Å². The summed E-state index contributed by atoms with van der Waals surface area (Å²) in [6.07, 6.45) is 3.45. The lowest BCUT2D eigenvalue weighted by Crippen LogP contribution is -2.32. The van der Waals surface area contributed by atoms with Crippen LogP contribution in [0.3, 0.4) is 0 Å². The Labute approximate surface area is 92.9 Å². The topological polar surface area (TPSA) is 76.2 Å². The second-order valence-corrected chi connectivity index (χ2v) is 4.57. The Kier molecular flexibility index (Phi) is 4.58. The number of aliphatic carboxylic acids is 1. The van der Waals surface area contributed by atoms with Gasteiger partial charge in [-0.05, 0) is 24.6 Å². The molecule has 0 spiro atoms. The van der Waals surface area contributed by atoms with E-state index in [1.807, 2.05) is 19.1 Å². The number of hydrogen-bond donors (Lipinski definition) is 2. The monoisotopic (exact) mass is 226 g/mol. The molecule has 0 amide bonds. The van der Waals surface area contributed by atoms with E-state index in [1.54, 1.807) is 12.4 Å². The van der Waals surface area contributed by atoms with Crippen LogP contribution < -0.4 is 5.73 Å². The maximum Gasteiger partial charge on any atom is 0.321 e. The maximum atomic E-state index is 10.5. The maximum absolute atomic E-state index is 10.5. The number of nitrogens with two attached hydrogens (primary N) is 1. The van der Waals surface area contributed by atoms with Gasteiger partial charge in [-0.15, -0.1) is 0 Å². The zero-order valence-electron chi connectivity index (χ0n) is 8.46. The molecule has 15 heavy (non-hydrogen) atoms. The van der Waals surface area contributed by atoms with Gasteiger partial charge < -0.3 is 10.8 Å². The molecule has 0 fully saturated rings. The molecule has 2 atom stereocenters. The molecule has 0 bridgehead atoms. The van der Waals surface area contributed by atoms with Crippen molar-refractivity contribution in [2.45, 2.75) is 18.2 Å². The molecule has 0 aliphatic carbocycles. The van der Waals surface area contributed by atoms with E-state index in [0.717, 1.165) is 5.56 Å². The first-order valence-electron chi connectivity index (χ1n) is 4.61. The fourth-order valence-electron chi connectivity index (χ4n) is 1.05. The SMILES string of the molecule is CC(SC[C@H](N)C(=O)O)c1ccncc1. The predicted molar refractivity (Wildman–Crippen MR) is 60.7 cm³/mol. The molecule has 1 aromatic heterocycles. The van der Waals surface area contributed by atoms with Gasteiger partial charge in [0.15, 0.2) is 0 Å². The van der Waals surface area contributed by atoms with Crippen LogP contribution in [-0.2, 0) is 4.79 Å². The zero-order chi connectivity index (χ0) is 11.3. The number of hydrogen-bond acceptors (Lipinski definition) is 4. The Morgan fingerprint density at radius 1 is 1.60 bits per heavy atom. The molecule has 0 aliphatic heterocycles. The lowest BCUT2D eigenvalue weighted by molar-refractivity contribution is -0.137. The molecule has 3 N–H and O–H groups in total. The second kappa shape index (κ2) is 5.72. The highest BCUT2D eigenvalue weighted by atomic mass is 32.2. The van der Waals surface area contributed by atoms with Crippen LogP contribution in [-0.4, -0.2) is 27.9 Å². The summed E-state index contributed by atoms with van der Waals surface area (Å²) >= 11 is 1.53. The van der Waals surface area contributed by atoms with Crippen molar-refractivity contribution in [2.24, 2.45) is 5.73 Å². The van der Waals surface area contributed by atoms with Gasteiger partial charge in [0.25, 0.3) is 0 Å². The van der Waals surface area contributed by atoms with E-state index < -0.39 is 12.0 Å². The summed E-state index contributed by atoms with van der Waals surface area (Å²) < 4.78 is 0. The van der Waals surface area contributed by atoms with E-state index in [1.165, 1.54) is 11.8 Å². The van der Waals surface area contributed by atoms with Crippen molar-refractivity contribution in [3.8, 4) is 0 Å². The van der Waals surface area contributed by atoms with Gasteiger partial charge in [-0.1, -0.05) is 0 Å². The largest absolute Gasteiger partial charge is 0.480 e. The Bertz CT molecular complexity index is 318. The molecule has 0 aliphatic rings.